The van der Waals surface area contributed by atoms with E-state index in [1.165, 1.54) is 0 Å². The van der Waals surface area contributed by atoms with Gasteiger partial charge in [-0.2, -0.15) is 0 Å². The number of aliphatic carboxylic acids is 1. The number of hydrogen-bond acceptors (Lipinski definition) is 4. The summed E-state index contributed by atoms with van der Waals surface area (Å²) in [7, 11) is 0. The molecular weight excluding hydrogens is 260 g/mol. The fraction of sp³-hybridized carbons (Fsp3) is 0.500. The first kappa shape index (κ1) is 15.9. The predicted molar refractivity (Wildman–Crippen MR) is 73.4 cm³/mol. The number of carbonyl (C=O) groups is 2. The van der Waals surface area contributed by atoms with Crippen molar-refractivity contribution >= 4 is 11.9 Å². The van der Waals surface area contributed by atoms with Crippen LogP contribution in [0.4, 0.5) is 0 Å². The molecule has 0 aliphatic carbocycles. The lowest BCUT2D eigenvalue weighted by Crippen LogP contribution is -2.44. The molecule has 1 aromatic heterocycles. The van der Waals surface area contributed by atoms with Gasteiger partial charge < -0.3 is 15.2 Å². The molecule has 110 valence electrons. The van der Waals surface area contributed by atoms with Crippen molar-refractivity contribution in [3.8, 4) is 5.75 Å². The molecule has 2 N–H and O–H groups in total. The minimum absolute atomic E-state index is 0.150. The van der Waals surface area contributed by atoms with Crippen LogP contribution in [0.1, 0.15) is 26.7 Å². The van der Waals surface area contributed by atoms with Crippen molar-refractivity contribution in [1.29, 1.82) is 0 Å². The number of pyridine rings is 1. The maximum Gasteiger partial charge on any atom is 0.326 e. The van der Waals surface area contributed by atoms with Crippen molar-refractivity contribution in [3.05, 3.63) is 24.5 Å². The zero-order valence-electron chi connectivity index (χ0n) is 11.7. The number of nitrogens with one attached hydrogen (secondary N) is 1. The first-order valence-corrected chi connectivity index (χ1v) is 6.55. The standard InChI is InChI=1S/C14H20N2O4/c1-10(2)13(14(18)19)16-12(17)6-4-8-20-11-5-3-7-15-9-11/h3,5,7,9-10,13H,4,6,8H2,1-2H3,(H,16,17)(H,18,19). The SMILES string of the molecule is CC(C)C(NC(=O)CCCOc1cccnc1)C(=O)O. The second-order valence-corrected chi connectivity index (χ2v) is 4.77. The van der Waals surface area contributed by atoms with E-state index >= 15 is 0 Å². The second kappa shape index (κ2) is 8.14. The molecule has 0 aliphatic heterocycles. The molecule has 0 bridgehead atoms. The number of ether oxygens (including phenoxy) is 1. The van der Waals surface area contributed by atoms with Gasteiger partial charge in [-0.15, -0.1) is 0 Å². The third kappa shape index (κ3) is 5.69. The summed E-state index contributed by atoms with van der Waals surface area (Å²) in [5, 5.41) is 11.5. The first-order chi connectivity index (χ1) is 9.50. The number of amides is 1. The summed E-state index contributed by atoms with van der Waals surface area (Å²) in [6, 6.07) is 2.70. The molecule has 0 saturated carbocycles. The molecule has 1 aromatic rings. The van der Waals surface area contributed by atoms with Crippen LogP contribution < -0.4 is 10.1 Å². The molecule has 0 saturated heterocycles. The quantitative estimate of drug-likeness (QED) is 0.704. The maximum absolute atomic E-state index is 11.6. The highest BCUT2D eigenvalue weighted by atomic mass is 16.5. The van der Waals surface area contributed by atoms with Crippen LogP contribution in [0.5, 0.6) is 5.75 Å². The molecule has 0 aliphatic rings. The lowest BCUT2D eigenvalue weighted by Gasteiger charge is -2.17. The Morgan fingerprint density at radius 3 is 2.75 bits per heavy atom. The fourth-order valence-electron chi connectivity index (χ4n) is 1.61. The van der Waals surface area contributed by atoms with Gasteiger partial charge in [-0.25, -0.2) is 4.79 Å². The third-order valence-electron chi connectivity index (χ3n) is 2.70. The molecule has 0 spiro atoms. The average Bonchev–Trinajstić information content (AvgIpc) is 2.41. The number of carboxylic acid groups (broad SMARTS) is 1. The van der Waals surface area contributed by atoms with Crippen LogP contribution in [0.25, 0.3) is 0 Å². The highest BCUT2D eigenvalue weighted by molar-refractivity contribution is 5.83. The smallest absolute Gasteiger partial charge is 0.326 e. The van der Waals surface area contributed by atoms with E-state index in [0.717, 1.165) is 0 Å². The molecule has 1 rings (SSSR count). The Kier molecular flexibility index (Phi) is 6.49. The topological polar surface area (TPSA) is 88.5 Å². The van der Waals surface area contributed by atoms with Crippen molar-refractivity contribution in [2.24, 2.45) is 5.92 Å². The Morgan fingerprint density at radius 2 is 2.20 bits per heavy atom. The Labute approximate surface area is 118 Å². The zero-order chi connectivity index (χ0) is 15.0. The van der Waals surface area contributed by atoms with Crippen molar-refractivity contribution in [3.63, 3.8) is 0 Å². The van der Waals surface area contributed by atoms with E-state index in [1.54, 1.807) is 38.4 Å². The van der Waals surface area contributed by atoms with Gasteiger partial charge in [0.25, 0.3) is 0 Å². The molecule has 1 heterocycles. The van der Waals surface area contributed by atoms with E-state index in [1.807, 2.05) is 0 Å². The summed E-state index contributed by atoms with van der Waals surface area (Å²) in [5.74, 6) is -0.789. The first-order valence-electron chi connectivity index (χ1n) is 6.55. The van der Waals surface area contributed by atoms with Gasteiger partial charge in [-0.05, 0) is 24.5 Å². The lowest BCUT2D eigenvalue weighted by molar-refractivity contribution is -0.143. The molecule has 0 aromatic carbocycles. The Bertz CT molecular complexity index is 434. The number of hydrogen-bond donors (Lipinski definition) is 2. The molecule has 0 radical (unpaired) electrons. The molecule has 6 heteroatoms. The summed E-state index contributed by atoms with van der Waals surface area (Å²) >= 11 is 0. The van der Waals surface area contributed by atoms with E-state index in [0.29, 0.717) is 18.8 Å². The van der Waals surface area contributed by atoms with E-state index in [4.69, 9.17) is 9.84 Å². The van der Waals surface area contributed by atoms with Crippen LogP contribution in [0, 0.1) is 5.92 Å². The van der Waals surface area contributed by atoms with E-state index in [9.17, 15) is 9.59 Å². The summed E-state index contributed by atoms with van der Waals surface area (Å²) in [5.41, 5.74) is 0. The highest BCUT2D eigenvalue weighted by Crippen LogP contribution is 2.07. The van der Waals surface area contributed by atoms with Gasteiger partial charge >= 0.3 is 5.97 Å². The summed E-state index contributed by atoms with van der Waals surface area (Å²) in [6.07, 6.45) is 4.00. The van der Waals surface area contributed by atoms with Crippen molar-refractivity contribution in [2.45, 2.75) is 32.7 Å². The minimum Gasteiger partial charge on any atom is -0.492 e. The van der Waals surface area contributed by atoms with Crippen LogP contribution >= 0.6 is 0 Å². The van der Waals surface area contributed by atoms with Gasteiger partial charge in [-0.3, -0.25) is 9.78 Å². The monoisotopic (exact) mass is 280 g/mol. The third-order valence-corrected chi connectivity index (χ3v) is 2.70. The van der Waals surface area contributed by atoms with Crippen LogP contribution in [0.3, 0.4) is 0 Å². The Morgan fingerprint density at radius 1 is 1.45 bits per heavy atom. The predicted octanol–water partition coefficient (Wildman–Crippen LogP) is 1.47. The normalized spacial score (nSPS) is 11.9. The van der Waals surface area contributed by atoms with Crippen LogP contribution in [-0.4, -0.2) is 34.6 Å². The van der Waals surface area contributed by atoms with Crippen molar-refractivity contribution in [2.75, 3.05) is 6.61 Å². The van der Waals surface area contributed by atoms with Crippen LogP contribution in [0.15, 0.2) is 24.5 Å². The molecular formula is C14H20N2O4. The fourth-order valence-corrected chi connectivity index (χ4v) is 1.61. The van der Waals surface area contributed by atoms with Gasteiger partial charge in [0.2, 0.25) is 5.91 Å². The van der Waals surface area contributed by atoms with E-state index in [2.05, 4.69) is 10.3 Å². The van der Waals surface area contributed by atoms with Crippen molar-refractivity contribution in [1.82, 2.24) is 10.3 Å². The van der Waals surface area contributed by atoms with Crippen LogP contribution in [0.2, 0.25) is 0 Å². The maximum atomic E-state index is 11.6. The van der Waals surface area contributed by atoms with Gasteiger partial charge in [0.1, 0.15) is 11.8 Å². The molecule has 1 amide bonds. The van der Waals surface area contributed by atoms with Crippen molar-refractivity contribution < 1.29 is 19.4 Å². The highest BCUT2D eigenvalue weighted by Gasteiger charge is 2.22. The molecule has 1 unspecified atom stereocenters. The molecule has 0 fully saturated rings. The van der Waals surface area contributed by atoms with Gasteiger partial charge in [-0.1, -0.05) is 13.8 Å². The summed E-state index contributed by atoms with van der Waals surface area (Å²) in [6.45, 7) is 3.90. The van der Waals surface area contributed by atoms with Gasteiger partial charge in [0.15, 0.2) is 0 Å². The van der Waals surface area contributed by atoms with Gasteiger partial charge in [0, 0.05) is 12.6 Å². The molecule has 6 nitrogen and oxygen atoms in total. The number of nitrogens with zero attached hydrogens (tertiary/aromatic N) is 1. The number of carbonyl (C=O) groups excluding carboxylic acids is 1. The largest absolute Gasteiger partial charge is 0.492 e. The van der Waals surface area contributed by atoms with Gasteiger partial charge in [0.05, 0.1) is 12.8 Å². The average molecular weight is 280 g/mol. The second-order valence-electron chi connectivity index (χ2n) is 4.77. The minimum atomic E-state index is -1.01. The summed E-state index contributed by atoms with van der Waals surface area (Å²) in [4.78, 5) is 26.5. The van der Waals surface area contributed by atoms with E-state index in [-0.39, 0.29) is 18.2 Å². The Balaban J connectivity index is 2.24. The summed E-state index contributed by atoms with van der Waals surface area (Å²) < 4.78 is 5.40. The van der Waals surface area contributed by atoms with Crippen LogP contribution in [-0.2, 0) is 9.59 Å². The Hall–Kier alpha value is -2.11. The molecule has 1 atom stereocenters. The lowest BCUT2D eigenvalue weighted by atomic mass is 10.0. The number of carboxylic acids is 1. The number of rotatable bonds is 8. The zero-order valence-corrected chi connectivity index (χ0v) is 11.7. The van der Waals surface area contributed by atoms with E-state index < -0.39 is 12.0 Å². The molecule has 20 heavy (non-hydrogen) atoms. The number of aromatic nitrogens is 1.